The molecule has 5 rings (SSSR count). The number of nitrogens with one attached hydrogen (secondary N) is 1. The summed E-state index contributed by atoms with van der Waals surface area (Å²) in [5.41, 5.74) is 3.39. The highest BCUT2D eigenvalue weighted by Gasteiger charge is 2.15. The number of para-hydroxylation sites is 1. The summed E-state index contributed by atoms with van der Waals surface area (Å²) in [6.07, 6.45) is 0. The van der Waals surface area contributed by atoms with Gasteiger partial charge in [0.2, 0.25) is 15.9 Å². The van der Waals surface area contributed by atoms with Crippen LogP contribution in [0.5, 0.6) is 0 Å². The number of anilines is 1. The molecule has 5 aromatic rings. The minimum absolute atomic E-state index is 0.00299. The number of rotatable bonds is 5. The van der Waals surface area contributed by atoms with Gasteiger partial charge in [-0.1, -0.05) is 41.3 Å². The Morgan fingerprint density at radius 2 is 2.00 bits per heavy atom. The normalized spacial score (nSPS) is 12.1. The molecule has 162 valence electrons. The van der Waals surface area contributed by atoms with Crippen LogP contribution >= 0.6 is 23.1 Å². The molecule has 12 heteroatoms. The first kappa shape index (κ1) is 20.8. The fourth-order valence-corrected chi connectivity index (χ4v) is 5.68. The van der Waals surface area contributed by atoms with Crippen molar-refractivity contribution in [2.75, 3.05) is 11.1 Å². The Morgan fingerprint density at radius 1 is 1.19 bits per heavy atom. The molecule has 1 amide bonds. The lowest BCUT2D eigenvalue weighted by molar-refractivity contribution is -0.113. The number of hydrogen-bond acceptors (Lipinski definition) is 8. The second kappa shape index (κ2) is 7.81. The SMILES string of the molecule is Cc1cc2nnc(SCC(=O)Nc3nc4ccc(S(N)(=O)=O)cc4s3)n2c2ccccc12. The molecule has 0 atom stereocenters. The number of fused-ring (bicyclic) bond motifs is 4. The van der Waals surface area contributed by atoms with Crippen LogP contribution in [0.3, 0.4) is 0 Å². The Hall–Kier alpha value is -3.06. The molecule has 0 bridgehead atoms. The molecule has 0 spiro atoms. The quantitative estimate of drug-likeness (QED) is 0.366. The van der Waals surface area contributed by atoms with E-state index in [1.54, 1.807) is 6.07 Å². The lowest BCUT2D eigenvalue weighted by Crippen LogP contribution is -2.14. The summed E-state index contributed by atoms with van der Waals surface area (Å²) in [7, 11) is -3.81. The summed E-state index contributed by atoms with van der Waals surface area (Å²) in [5, 5.41) is 18.5. The van der Waals surface area contributed by atoms with Crippen molar-refractivity contribution >= 4 is 70.9 Å². The Kier molecular flexibility index (Phi) is 5.08. The molecule has 9 nitrogen and oxygen atoms in total. The molecule has 2 aromatic carbocycles. The lowest BCUT2D eigenvalue weighted by Gasteiger charge is -2.07. The van der Waals surface area contributed by atoms with Gasteiger partial charge in [-0.2, -0.15) is 0 Å². The van der Waals surface area contributed by atoms with E-state index in [9.17, 15) is 13.2 Å². The highest BCUT2D eigenvalue weighted by atomic mass is 32.2. The molecule has 0 fully saturated rings. The van der Waals surface area contributed by atoms with Gasteiger partial charge in [0, 0.05) is 5.39 Å². The molecule has 3 N–H and O–H groups in total. The second-order valence-corrected chi connectivity index (χ2v) is 10.6. The monoisotopic (exact) mass is 484 g/mol. The molecule has 0 aliphatic rings. The van der Waals surface area contributed by atoms with Gasteiger partial charge >= 0.3 is 0 Å². The van der Waals surface area contributed by atoms with Crippen molar-refractivity contribution in [2.45, 2.75) is 17.0 Å². The van der Waals surface area contributed by atoms with Crippen LogP contribution in [0.15, 0.2) is 58.6 Å². The molecule has 0 saturated heterocycles. The summed E-state index contributed by atoms with van der Waals surface area (Å²) in [4.78, 5) is 16.9. The number of aryl methyl sites for hydroxylation is 1. The average molecular weight is 485 g/mol. The average Bonchev–Trinajstić information content (AvgIpc) is 3.34. The largest absolute Gasteiger partial charge is 0.301 e. The first-order valence-corrected chi connectivity index (χ1v) is 12.7. The number of pyridine rings is 1. The maximum Gasteiger partial charge on any atom is 0.238 e. The van der Waals surface area contributed by atoms with Gasteiger partial charge in [-0.3, -0.25) is 9.20 Å². The Morgan fingerprint density at radius 3 is 2.81 bits per heavy atom. The highest BCUT2D eigenvalue weighted by molar-refractivity contribution is 7.99. The fourth-order valence-electron chi connectivity index (χ4n) is 3.39. The highest BCUT2D eigenvalue weighted by Crippen LogP contribution is 2.29. The summed E-state index contributed by atoms with van der Waals surface area (Å²) < 4.78 is 25.6. The molecule has 0 saturated carbocycles. The molecule has 0 unspecified atom stereocenters. The van der Waals surface area contributed by atoms with Crippen molar-refractivity contribution in [2.24, 2.45) is 5.14 Å². The Bertz CT molecular complexity index is 1620. The van der Waals surface area contributed by atoms with Crippen LogP contribution in [-0.2, 0) is 14.8 Å². The van der Waals surface area contributed by atoms with Gasteiger partial charge in [0.15, 0.2) is 15.9 Å². The number of nitrogens with two attached hydrogens (primary N) is 1. The molecule has 32 heavy (non-hydrogen) atoms. The van der Waals surface area contributed by atoms with E-state index >= 15 is 0 Å². The number of primary sulfonamides is 1. The molecular formula is C20H16N6O3S3. The third-order valence-electron chi connectivity index (χ3n) is 4.84. The van der Waals surface area contributed by atoms with Gasteiger partial charge in [0.1, 0.15) is 0 Å². The van der Waals surface area contributed by atoms with Gasteiger partial charge in [-0.15, -0.1) is 10.2 Å². The van der Waals surface area contributed by atoms with Crippen molar-refractivity contribution in [1.29, 1.82) is 0 Å². The van der Waals surface area contributed by atoms with Crippen LogP contribution in [0.4, 0.5) is 5.13 Å². The predicted molar refractivity (Wildman–Crippen MR) is 126 cm³/mol. The number of nitrogens with zero attached hydrogens (tertiary/aromatic N) is 4. The topological polar surface area (TPSA) is 132 Å². The van der Waals surface area contributed by atoms with Gasteiger partial charge in [-0.05, 0) is 42.8 Å². The maximum absolute atomic E-state index is 12.5. The lowest BCUT2D eigenvalue weighted by atomic mass is 10.1. The summed E-state index contributed by atoms with van der Waals surface area (Å²) >= 11 is 2.46. The summed E-state index contributed by atoms with van der Waals surface area (Å²) in [6, 6.07) is 14.3. The number of carbonyl (C=O) groups is 1. The predicted octanol–water partition coefficient (Wildman–Crippen LogP) is 3.18. The number of benzene rings is 2. The van der Waals surface area contributed by atoms with E-state index < -0.39 is 10.0 Å². The zero-order valence-corrected chi connectivity index (χ0v) is 19.1. The van der Waals surface area contributed by atoms with Crippen LogP contribution in [0, 0.1) is 6.92 Å². The van der Waals surface area contributed by atoms with Crippen molar-refractivity contribution in [1.82, 2.24) is 19.6 Å². The molecule has 0 aliphatic carbocycles. The number of hydrogen-bond donors (Lipinski definition) is 2. The van der Waals surface area contributed by atoms with Gasteiger partial charge in [0.25, 0.3) is 0 Å². The standard InChI is InChI=1S/C20H16N6O3S3/c1-11-8-17-24-25-20(26(17)15-5-3-2-4-13(11)15)30-10-18(27)23-19-22-14-7-6-12(32(21,28)29)9-16(14)31-19/h2-9H,10H2,1H3,(H2,21,28,29)(H,22,23,27). The van der Waals surface area contributed by atoms with E-state index in [0.717, 1.165) is 22.1 Å². The second-order valence-electron chi connectivity index (χ2n) is 7.05. The number of carbonyl (C=O) groups excluding carboxylic acids is 1. The smallest absolute Gasteiger partial charge is 0.238 e. The van der Waals surface area contributed by atoms with Crippen LogP contribution in [0.25, 0.3) is 26.8 Å². The van der Waals surface area contributed by atoms with Crippen LogP contribution in [0.1, 0.15) is 5.56 Å². The molecule has 0 aliphatic heterocycles. The minimum Gasteiger partial charge on any atom is -0.301 e. The van der Waals surface area contributed by atoms with Gasteiger partial charge in [-0.25, -0.2) is 18.5 Å². The number of aromatic nitrogens is 4. The van der Waals surface area contributed by atoms with E-state index in [0.29, 0.717) is 20.5 Å². The molecule has 0 radical (unpaired) electrons. The number of sulfonamides is 1. The number of amides is 1. The first-order chi connectivity index (χ1) is 15.3. The molecular weight excluding hydrogens is 468 g/mol. The van der Waals surface area contributed by atoms with Crippen molar-refractivity contribution in [3.8, 4) is 0 Å². The van der Waals surface area contributed by atoms with Crippen molar-refractivity contribution < 1.29 is 13.2 Å². The van der Waals surface area contributed by atoms with Gasteiger partial charge < -0.3 is 5.32 Å². The van der Waals surface area contributed by atoms with E-state index in [-0.39, 0.29) is 16.6 Å². The third-order valence-corrected chi connectivity index (χ3v) is 7.61. The van der Waals surface area contributed by atoms with E-state index in [2.05, 4.69) is 20.5 Å². The van der Waals surface area contributed by atoms with E-state index in [1.165, 1.54) is 35.2 Å². The Balaban J connectivity index is 1.35. The van der Waals surface area contributed by atoms with E-state index in [4.69, 9.17) is 5.14 Å². The minimum atomic E-state index is -3.81. The molecule has 3 aromatic heterocycles. The zero-order valence-electron chi connectivity index (χ0n) is 16.6. The number of thioether (sulfide) groups is 1. The third kappa shape index (κ3) is 3.81. The number of thiazole rings is 1. The first-order valence-electron chi connectivity index (χ1n) is 9.39. The van der Waals surface area contributed by atoms with Crippen LogP contribution in [-0.4, -0.2) is 39.7 Å². The fraction of sp³-hybridized carbons (Fsp3) is 0.100. The van der Waals surface area contributed by atoms with Gasteiger partial charge in [0.05, 0.1) is 26.4 Å². The van der Waals surface area contributed by atoms with Crippen molar-refractivity contribution in [3.05, 3.63) is 54.1 Å². The van der Waals surface area contributed by atoms with Crippen molar-refractivity contribution in [3.63, 3.8) is 0 Å². The van der Waals surface area contributed by atoms with Crippen LogP contribution < -0.4 is 10.5 Å². The maximum atomic E-state index is 12.5. The summed E-state index contributed by atoms with van der Waals surface area (Å²) in [5.74, 6) is -0.143. The van der Waals surface area contributed by atoms with E-state index in [1.807, 2.05) is 41.7 Å². The molecule has 3 heterocycles. The zero-order chi connectivity index (χ0) is 22.5. The summed E-state index contributed by atoms with van der Waals surface area (Å²) in [6.45, 7) is 2.03. The van der Waals surface area contributed by atoms with Crippen LogP contribution in [0.2, 0.25) is 0 Å². The Labute approximate surface area is 190 Å².